The number of aliphatic hydroxyl groups excluding tert-OH is 5. The zero-order chi connectivity index (χ0) is 72.1. The van der Waals surface area contributed by atoms with Crippen LogP contribution in [0, 0.1) is 33.5 Å². The second kappa shape index (κ2) is 29.2. The summed E-state index contributed by atoms with van der Waals surface area (Å²) in [6.07, 6.45) is -13.3. The fourth-order valence-electron chi connectivity index (χ4n) is 17.5. The van der Waals surface area contributed by atoms with Crippen molar-refractivity contribution in [2.75, 3.05) is 19.8 Å². The van der Waals surface area contributed by atoms with Crippen LogP contribution in [0.25, 0.3) is 0 Å². The minimum Gasteiger partial charge on any atom is -0.455 e. The first-order valence-electron chi connectivity index (χ1n) is 34.3. The van der Waals surface area contributed by atoms with Gasteiger partial charge in [0.15, 0.2) is 38.5 Å². The van der Waals surface area contributed by atoms with Crippen molar-refractivity contribution in [2.45, 2.75) is 263 Å². The van der Waals surface area contributed by atoms with E-state index < -0.39 is 168 Å². The van der Waals surface area contributed by atoms with Crippen LogP contribution in [0.4, 0.5) is 0 Å². The SMILES string of the molecule is CC(=O)O[C@@]12CO[C@@H]1C[C@H](O)[C@@]1(C)C(=O)[C@H](O)C3=C(C)[C@@H](O)C[C@@](O)([C@@H](OC(=O)c4ccccc4)C12)C3(C)C.CCN.CC[Si](CC)(CC)O[C@H]1C[C@H]2OC[C@@]2(OC(C)=O)C2[C@H](OC(=O)c3ccccc3)[C@]3(O)C[C@H](O)C(C)=C([C@@H](O)C(=O)[C@@]21C)C3(C)C.CC[Si](Cl)(CC)CC. The molecule has 10 rings (SSSR count). The number of fused-ring (bicyclic) bond motifs is 10. The standard InChI is InChI=1S/C35H50O10Si.C29H36O10.C6H15ClSi.C2H7N/c1-9-46(10-2,11-3)45-24-17-25-34(19-42-25,44-21(5)36)28-30(43-31(40)22-15-13-12-14-16-22)35(41)18-23(37)20(4)26(32(35,6)7)27(38)29(39)33(24,28)8;1-14-17(31)12-29(36)24(38-25(35)16-9-7-6-8-10-16)22-27(5,23(34)21(33)20(14)26(29,3)4)18(32)11-19-28(22,13-37-19)39-15(2)30;1-4-8(7,5-2)6-3;1-2-3/h12-16,23-25,27-28,30,37-38,41H,9-11,17-19H2,1-8H3;6-10,17-19,21-22,24,31-33,36H,11-13H2,1-5H3;4-6H2,1-3H3;2-3H2,1H3/t23-,24-,25+,27+,28?,30-,33+,34-,35+;17-,18-,19+,21+,22?,24-,27+,28-,29+;;/m00../s1. The molecule has 2 aliphatic heterocycles. The number of aliphatic hydroxyl groups is 7. The van der Waals surface area contributed by atoms with E-state index in [4.69, 9.17) is 49.7 Å². The Morgan fingerprint density at radius 3 is 1.23 bits per heavy atom. The molecule has 6 fully saturated rings. The van der Waals surface area contributed by atoms with E-state index in [1.54, 1.807) is 97.0 Å². The molecule has 0 radical (unpaired) electrons. The summed E-state index contributed by atoms with van der Waals surface area (Å²) in [6, 6.07) is 22.4. The predicted octanol–water partition coefficient (Wildman–Crippen LogP) is 8.39. The molecule has 24 heteroatoms. The summed E-state index contributed by atoms with van der Waals surface area (Å²) >= 11 is 6.23. The van der Waals surface area contributed by atoms with Crippen molar-refractivity contribution in [3.63, 3.8) is 0 Å². The average molecular weight is 1400 g/mol. The highest BCUT2D eigenvalue weighted by atomic mass is 35.6. The lowest BCUT2D eigenvalue weighted by atomic mass is 9.44. The first kappa shape index (κ1) is 78.8. The summed E-state index contributed by atoms with van der Waals surface area (Å²) in [5.41, 5.74) is -7.09. The van der Waals surface area contributed by atoms with Gasteiger partial charge in [-0.25, -0.2) is 9.59 Å². The van der Waals surface area contributed by atoms with Gasteiger partial charge in [0.1, 0.15) is 47.8 Å². The molecule has 4 bridgehead atoms. The highest BCUT2D eigenvalue weighted by molar-refractivity contribution is 7.20. The maximum atomic E-state index is 15.1. The first-order valence-corrected chi connectivity index (χ1v) is 40.4. The van der Waals surface area contributed by atoms with Gasteiger partial charge in [-0.05, 0) is 117 Å². The van der Waals surface area contributed by atoms with Gasteiger partial charge in [0.05, 0.1) is 71.4 Å². The van der Waals surface area contributed by atoms with Crippen molar-refractivity contribution >= 4 is 62.2 Å². The van der Waals surface area contributed by atoms with Crippen LogP contribution < -0.4 is 5.73 Å². The van der Waals surface area contributed by atoms with Gasteiger partial charge >= 0.3 is 23.9 Å². The van der Waals surface area contributed by atoms with Crippen molar-refractivity contribution in [1.82, 2.24) is 0 Å². The van der Waals surface area contributed by atoms with Crippen LogP contribution in [0.2, 0.25) is 36.3 Å². The Bertz CT molecular complexity index is 3230. The lowest BCUT2D eigenvalue weighted by Gasteiger charge is -2.68. The van der Waals surface area contributed by atoms with Gasteiger partial charge in [0, 0.05) is 50.4 Å². The van der Waals surface area contributed by atoms with E-state index in [-0.39, 0.29) is 61.2 Å². The maximum Gasteiger partial charge on any atom is 0.338 e. The van der Waals surface area contributed by atoms with Crippen LogP contribution in [-0.2, 0) is 52.0 Å². The molecular weight excluding hydrogens is 1290 g/mol. The molecule has 8 aliphatic rings. The number of benzene rings is 2. The van der Waals surface area contributed by atoms with Crippen LogP contribution in [0.1, 0.15) is 164 Å². The Labute approximate surface area is 573 Å². The Morgan fingerprint density at radius 1 is 0.573 bits per heavy atom. The minimum absolute atomic E-state index is 0.0828. The summed E-state index contributed by atoms with van der Waals surface area (Å²) in [5.74, 6) is -6.77. The van der Waals surface area contributed by atoms with Crippen molar-refractivity contribution in [1.29, 1.82) is 0 Å². The second-order valence-electron chi connectivity index (χ2n) is 29.3. The van der Waals surface area contributed by atoms with Crippen LogP contribution in [0.3, 0.4) is 0 Å². The van der Waals surface area contributed by atoms with Gasteiger partial charge in [-0.15, -0.1) is 0 Å². The van der Waals surface area contributed by atoms with E-state index in [0.717, 1.165) is 24.7 Å². The van der Waals surface area contributed by atoms with Crippen LogP contribution in [-0.4, -0.2) is 190 Å². The minimum atomic E-state index is -2.42. The Kier molecular flexibility index (Phi) is 23.9. The third-order valence-electron chi connectivity index (χ3n) is 24.1. The fourth-order valence-corrected chi connectivity index (χ4v) is 22.0. The smallest absolute Gasteiger partial charge is 0.338 e. The maximum absolute atomic E-state index is 15.1. The van der Waals surface area contributed by atoms with E-state index in [1.165, 1.54) is 51.0 Å². The molecule has 96 heavy (non-hydrogen) atoms. The number of carbonyl (C=O) groups excluding carboxylic acids is 6. The topological polar surface area (TPSA) is 335 Å². The molecule has 18 atom stereocenters. The van der Waals surface area contributed by atoms with Crippen molar-refractivity contribution in [2.24, 2.45) is 39.2 Å². The Balaban J connectivity index is 0.000000237. The van der Waals surface area contributed by atoms with Crippen molar-refractivity contribution < 1.29 is 97.4 Å². The number of ketones is 2. The number of ether oxygens (including phenoxy) is 6. The van der Waals surface area contributed by atoms with Gasteiger partial charge in [-0.2, -0.15) is 11.1 Å². The third-order valence-corrected chi connectivity index (χ3v) is 34.9. The zero-order valence-corrected chi connectivity index (χ0v) is 62.0. The van der Waals surface area contributed by atoms with Crippen LogP contribution in [0.15, 0.2) is 83.0 Å². The van der Waals surface area contributed by atoms with Crippen molar-refractivity contribution in [3.8, 4) is 0 Å². The Morgan fingerprint density at radius 2 is 0.917 bits per heavy atom. The lowest BCUT2D eigenvalue weighted by Crippen LogP contribution is -2.82. The molecule has 0 spiro atoms. The summed E-state index contributed by atoms with van der Waals surface area (Å²) in [7, 11) is -3.62. The molecule has 21 nitrogen and oxygen atoms in total. The normalized spacial score (nSPS) is 37.0. The predicted molar refractivity (Wildman–Crippen MR) is 364 cm³/mol. The summed E-state index contributed by atoms with van der Waals surface area (Å²) in [5, 5.41) is 83.2. The molecule has 9 N–H and O–H groups in total. The number of rotatable bonds is 14. The number of halogens is 1. The molecule has 536 valence electrons. The number of esters is 4. The number of nitrogens with two attached hydrogens (primary N) is 1. The summed E-state index contributed by atoms with van der Waals surface area (Å²) < 4.78 is 43.5. The number of hydrogen-bond donors (Lipinski definition) is 8. The molecule has 2 saturated heterocycles. The lowest BCUT2D eigenvalue weighted by molar-refractivity contribution is -0.345. The Hall–Kier alpha value is -4.58. The first-order chi connectivity index (χ1) is 44.7. The van der Waals surface area contributed by atoms with Gasteiger partial charge < -0.3 is 74.3 Å². The second-order valence-corrected chi connectivity index (χ2v) is 40.9. The fraction of sp³-hybridized carbons (Fsp3) is 0.694. The molecule has 6 aliphatic carbocycles. The third kappa shape index (κ3) is 12.9. The van der Waals surface area contributed by atoms with E-state index in [9.17, 15) is 59.7 Å². The molecule has 2 unspecified atom stereocenters. The number of hydrogen-bond acceptors (Lipinski definition) is 21. The van der Waals surface area contributed by atoms with E-state index >= 15 is 4.79 Å². The van der Waals surface area contributed by atoms with E-state index in [1.807, 2.05) is 6.92 Å². The molecular formula is C72H108ClNO20Si2. The van der Waals surface area contributed by atoms with Crippen LogP contribution >= 0.6 is 11.1 Å². The highest BCUT2D eigenvalue weighted by Gasteiger charge is 2.80. The van der Waals surface area contributed by atoms with Gasteiger partial charge in [-0.3, -0.25) is 19.2 Å². The van der Waals surface area contributed by atoms with Gasteiger partial charge in [0.2, 0.25) is 0 Å². The number of Topliss-reactive ketones (excluding diaryl/α,β-unsaturated/α-hetero) is 2. The molecule has 0 amide bonds. The quantitative estimate of drug-likeness (QED) is 0.0289. The molecule has 2 aromatic carbocycles. The highest BCUT2D eigenvalue weighted by Crippen LogP contribution is 2.67. The van der Waals surface area contributed by atoms with Crippen LogP contribution in [0.5, 0.6) is 0 Å². The number of carbonyl (C=O) groups is 6. The molecule has 2 heterocycles. The zero-order valence-electron chi connectivity index (χ0n) is 59.3. The average Bonchev–Trinajstić information content (AvgIpc) is 0.677. The van der Waals surface area contributed by atoms with E-state index in [2.05, 4.69) is 41.5 Å². The molecule has 4 saturated carbocycles. The van der Waals surface area contributed by atoms with Gasteiger partial charge in [-0.1, -0.05) is 113 Å². The molecule has 2 aromatic rings. The molecule has 0 aromatic heterocycles. The van der Waals surface area contributed by atoms with Crippen molar-refractivity contribution in [3.05, 3.63) is 94.1 Å². The largest absolute Gasteiger partial charge is 0.455 e. The summed E-state index contributed by atoms with van der Waals surface area (Å²) in [4.78, 5) is 82.2. The summed E-state index contributed by atoms with van der Waals surface area (Å²) in [6.45, 7) is 30.7. The monoisotopic (exact) mass is 1400 g/mol. The van der Waals surface area contributed by atoms with E-state index in [0.29, 0.717) is 11.1 Å². The van der Waals surface area contributed by atoms with Gasteiger partial charge in [0.25, 0.3) is 0 Å².